The summed E-state index contributed by atoms with van der Waals surface area (Å²) in [5.41, 5.74) is 1.28. The molecule has 2 amide bonds. The van der Waals surface area contributed by atoms with Crippen molar-refractivity contribution >= 4 is 28.8 Å². The number of rotatable bonds is 5. The van der Waals surface area contributed by atoms with E-state index in [1.165, 1.54) is 6.07 Å². The highest BCUT2D eigenvalue weighted by atomic mass is 32.1. The van der Waals surface area contributed by atoms with Crippen molar-refractivity contribution in [2.24, 2.45) is 0 Å². The lowest BCUT2D eigenvalue weighted by molar-refractivity contribution is -0.133. The van der Waals surface area contributed by atoms with Crippen molar-refractivity contribution < 1.29 is 22.8 Å². The Kier molecular flexibility index (Phi) is 7.07. The molecule has 0 unspecified atom stereocenters. The van der Waals surface area contributed by atoms with Crippen molar-refractivity contribution in [3.63, 3.8) is 0 Å². The van der Waals surface area contributed by atoms with Crippen molar-refractivity contribution in [2.45, 2.75) is 38.4 Å². The molecular weight excluding hydrogens is 461 g/mol. The van der Waals surface area contributed by atoms with Crippen LogP contribution in [0, 0.1) is 0 Å². The number of nitrogens with zero attached hydrogens (tertiary/aromatic N) is 2. The smallest absolute Gasteiger partial charge is 0.338 e. The summed E-state index contributed by atoms with van der Waals surface area (Å²) in [6.45, 7) is 2.57. The zero-order chi connectivity index (χ0) is 24.3. The first-order valence-corrected chi connectivity index (χ1v) is 12.0. The Morgan fingerprint density at radius 2 is 1.59 bits per heavy atom. The molecule has 1 fully saturated rings. The van der Waals surface area contributed by atoms with Crippen molar-refractivity contribution in [1.82, 2.24) is 4.90 Å². The summed E-state index contributed by atoms with van der Waals surface area (Å²) in [5, 5.41) is 0. The molecule has 0 N–H and O–H groups in total. The molecule has 2 aromatic carbocycles. The van der Waals surface area contributed by atoms with Gasteiger partial charge in [0, 0.05) is 36.8 Å². The Morgan fingerprint density at radius 3 is 2.15 bits per heavy atom. The SMILES string of the molecule is CCC(=O)N(c1ccccc1)C1CCN(C(=O)c2cc(-c3ccccc3)c(C(F)(F)F)s2)CC1. The molecule has 0 saturated carbocycles. The van der Waals surface area contributed by atoms with Gasteiger partial charge in [-0.3, -0.25) is 9.59 Å². The molecule has 1 aliphatic heterocycles. The zero-order valence-corrected chi connectivity index (χ0v) is 19.5. The molecule has 1 aliphatic rings. The summed E-state index contributed by atoms with van der Waals surface area (Å²) in [6, 6.07) is 19.0. The molecule has 1 aromatic heterocycles. The van der Waals surface area contributed by atoms with Crippen molar-refractivity contribution in [2.75, 3.05) is 18.0 Å². The number of likely N-dealkylation sites (tertiary alicyclic amines) is 1. The summed E-state index contributed by atoms with van der Waals surface area (Å²) < 4.78 is 41.1. The lowest BCUT2D eigenvalue weighted by Gasteiger charge is -2.38. The summed E-state index contributed by atoms with van der Waals surface area (Å²) in [5.74, 6) is -0.388. The molecule has 8 heteroatoms. The molecule has 4 nitrogen and oxygen atoms in total. The molecule has 3 aromatic rings. The second-order valence-corrected chi connectivity index (χ2v) is 9.25. The molecule has 2 heterocycles. The van der Waals surface area contributed by atoms with E-state index in [1.54, 1.807) is 40.1 Å². The topological polar surface area (TPSA) is 40.6 Å². The van der Waals surface area contributed by atoms with Crippen LogP contribution >= 0.6 is 11.3 Å². The Labute approximate surface area is 200 Å². The summed E-state index contributed by atoms with van der Waals surface area (Å²) in [6.07, 6.45) is -3.05. The number of carbonyl (C=O) groups is 2. The maximum atomic E-state index is 13.7. The third-order valence-electron chi connectivity index (χ3n) is 6.01. The van der Waals surface area contributed by atoms with Crippen molar-refractivity contribution in [3.8, 4) is 11.1 Å². The van der Waals surface area contributed by atoms with Crippen LogP contribution in [0.1, 0.15) is 40.7 Å². The average Bonchev–Trinajstić information content (AvgIpc) is 3.32. The number of amides is 2. The molecule has 34 heavy (non-hydrogen) atoms. The molecule has 0 atom stereocenters. The molecule has 0 radical (unpaired) electrons. The van der Waals surface area contributed by atoms with Gasteiger partial charge in [-0.2, -0.15) is 13.2 Å². The number of alkyl halides is 3. The Balaban J connectivity index is 1.53. The van der Waals surface area contributed by atoms with Gasteiger partial charge in [-0.05, 0) is 36.6 Å². The highest BCUT2D eigenvalue weighted by Crippen LogP contribution is 2.43. The molecular formula is C26H25F3N2O2S. The molecule has 1 saturated heterocycles. The number of hydrogen-bond donors (Lipinski definition) is 0. The van der Waals surface area contributed by atoms with Gasteiger partial charge in [-0.1, -0.05) is 55.5 Å². The van der Waals surface area contributed by atoms with Gasteiger partial charge in [0.2, 0.25) is 5.91 Å². The fourth-order valence-electron chi connectivity index (χ4n) is 4.34. The Morgan fingerprint density at radius 1 is 1.00 bits per heavy atom. The lowest BCUT2D eigenvalue weighted by Crippen LogP contribution is -2.48. The van der Waals surface area contributed by atoms with E-state index in [1.807, 2.05) is 37.3 Å². The lowest BCUT2D eigenvalue weighted by atomic mass is 10.0. The van der Waals surface area contributed by atoms with Crippen LogP contribution in [0.2, 0.25) is 0 Å². The Hall–Kier alpha value is -3.13. The predicted molar refractivity (Wildman–Crippen MR) is 128 cm³/mol. The fraction of sp³-hybridized carbons (Fsp3) is 0.308. The number of anilines is 1. The number of carbonyl (C=O) groups excluding carboxylic acids is 2. The van der Waals surface area contributed by atoms with Gasteiger partial charge in [0.05, 0.1) is 4.88 Å². The second-order valence-electron chi connectivity index (χ2n) is 8.19. The van der Waals surface area contributed by atoms with Crippen LogP contribution in [0.15, 0.2) is 66.7 Å². The fourth-order valence-corrected chi connectivity index (χ4v) is 5.36. The number of hydrogen-bond acceptors (Lipinski definition) is 3. The minimum Gasteiger partial charge on any atom is -0.338 e. The van der Waals surface area contributed by atoms with Crippen LogP contribution in [0.4, 0.5) is 18.9 Å². The van der Waals surface area contributed by atoms with Gasteiger partial charge in [-0.25, -0.2) is 0 Å². The van der Waals surface area contributed by atoms with E-state index in [4.69, 9.17) is 0 Å². The molecule has 0 aliphatic carbocycles. The van der Waals surface area contributed by atoms with Crippen LogP contribution in [-0.4, -0.2) is 35.8 Å². The van der Waals surface area contributed by atoms with Gasteiger partial charge in [0.1, 0.15) is 4.88 Å². The summed E-state index contributed by atoms with van der Waals surface area (Å²) in [7, 11) is 0. The number of halogens is 3. The second kappa shape index (κ2) is 10.0. The van der Waals surface area contributed by atoms with Gasteiger partial charge >= 0.3 is 6.18 Å². The van der Waals surface area contributed by atoms with Crippen molar-refractivity contribution in [1.29, 1.82) is 0 Å². The van der Waals surface area contributed by atoms with E-state index in [0.29, 0.717) is 49.3 Å². The van der Waals surface area contributed by atoms with Crippen molar-refractivity contribution in [3.05, 3.63) is 76.5 Å². The van der Waals surface area contributed by atoms with Gasteiger partial charge in [0.15, 0.2) is 0 Å². The number of thiophene rings is 1. The van der Waals surface area contributed by atoms with Gasteiger partial charge < -0.3 is 9.80 Å². The quantitative estimate of drug-likeness (QED) is 0.414. The third-order valence-corrected chi connectivity index (χ3v) is 7.18. The van der Waals surface area contributed by atoms with E-state index in [2.05, 4.69) is 0 Å². The molecule has 178 valence electrons. The van der Waals surface area contributed by atoms with Gasteiger partial charge in [-0.15, -0.1) is 11.3 Å². The summed E-state index contributed by atoms with van der Waals surface area (Å²) >= 11 is 0.495. The van der Waals surface area contributed by atoms with Crippen LogP contribution in [-0.2, 0) is 11.0 Å². The van der Waals surface area contributed by atoms with E-state index < -0.39 is 17.0 Å². The maximum Gasteiger partial charge on any atom is 0.426 e. The van der Waals surface area contributed by atoms with Crippen LogP contribution < -0.4 is 4.90 Å². The van der Waals surface area contributed by atoms with E-state index >= 15 is 0 Å². The first kappa shape index (κ1) is 24.0. The maximum absolute atomic E-state index is 13.7. The average molecular weight is 487 g/mol. The minimum atomic E-state index is -4.54. The zero-order valence-electron chi connectivity index (χ0n) is 18.7. The largest absolute Gasteiger partial charge is 0.426 e. The molecule has 0 spiro atoms. The summed E-state index contributed by atoms with van der Waals surface area (Å²) in [4.78, 5) is 28.5. The first-order chi connectivity index (χ1) is 16.3. The standard InChI is InChI=1S/C26H25F3N2O2S/c1-2-23(32)31(19-11-7-4-8-12-19)20-13-15-30(16-14-20)25(33)22-17-21(18-9-5-3-6-10-18)24(34-22)26(27,28)29/h3-12,17,20H,2,13-16H2,1H3. The number of piperidine rings is 1. The van der Waals surface area contributed by atoms with Crippen LogP contribution in [0.5, 0.6) is 0 Å². The highest BCUT2D eigenvalue weighted by molar-refractivity contribution is 7.14. The van der Waals surface area contributed by atoms with Gasteiger partial charge in [0.25, 0.3) is 5.91 Å². The first-order valence-electron chi connectivity index (χ1n) is 11.2. The molecule has 0 bridgehead atoms. The number of para-hydroxylation sites is 1. The van der Waals surface area contributed by atoms with E-state index in [0.717, 1.165) is 5.69 Å². The van der Waals surface area contributed by atoms with Crippen LogP contribution in [0.25, 0.3) is 11.1 Å². The normalized spacial score (nSPS) is 14.8. The van der Waals surface area contributed by atoms with E-state index in [-0.39, 0.29) is 22.4 Å². The minimum absolute atomic E-state index is 0.0107. The van der Waals surface area contributed by atoms with Crippen LogP contribution in [0.3, 0.4) is 0 Å². The Bertz CT molecular complexity index is 1140. The number of benzene rings is 2. The highest BCUT2D eigenvalue weighted by Gasteiger charge is 2.38. The monoisotopic (exact) mass is 486 g/mol. The third kappa shape index (κ3) is 5.01. The van der Waals surface area contributed by atoms with E-state index in [9.17, 15) is 22.8 Å². The molecule has 4 rings (SSSR count). The predicted octanol–water partition coefficient (Wildman–Crippen LogP) is 6.48.